The molecule has 0 radical (unpaired) electrons. The van der Waals surface area contributed by atoms with Gasteiger partial charge in [0.1, 0.15) is 11.5 Å². The van der Waals surface area contributed by atoms with Crippen molar-refractivity contribution in [2.75, 3.05) is 31.3 Å². The van der Waals surface area contributed by atoms with Crippen LogP contribution in [0.5, 0.6) is 11.5 Å². The van der Waals surface area contributed by atoms with Crippen LogP contribution in [0.3, 0.4) is 0 Å². The molecular formula is C21H25N3O6S. The first kappa shape index (κ1) is 22.6. The van der Waals surface area contributed by atoms with Gasteiger partial charge in [-0.3, -0.25) is 9.59 Å². The van der Waals surface area contributed by atoms with Gasteiger partial charge in [0.25, 0.3) is 5.91 Å². The van der Waals surface area contributed by atoms with Crippen molar-refractivity contribution in [3.8, 4) is 11.5 Å². The number of benzene rings is 2. The first-order valence-corrected chi connectivity index (χ1v) is 11.1. The average molecular weight is 448 g/mol. The number of hydrogen-bond acceptors (Lipinski definition) is 6. The van der Waals surface area contributed by atoms with Crippen LogP contribution in [-0.4, -0.2) is 51.3 Å². The predicted octanol–water partition coefficient (Wildman–Crippen LogP) is 2.37. The van der Waals surface area contributed by atoms with Gasteiger partial charge < -0.3 is 20.1 Å². The summed E-state index contributed by atoms with van der Waals surface area (Å²) < 4.78 is 38.0. The van der Waals surface area contributed by atoms with Crippen LogP contribution < -0.4 is 20.1 Å². The number of rotatable bonds is 7. The minimum absolute atomic E-state index is 0.00827. The Kier molecular flexibility index (Phi) is 6.51. The average Bonchev–Trinajstić information content (AvgIpc) is 2.72. The number of carbonyl (C=O) groups is 2. The Morgan fingerprint density at radius 2 is 2.03 bits per heavy atom. The molecule has 1 aliphatic rings. The maximum atomic E-state index is 13.1. The van der Waals surface area contributed by atoms with E-state index in [1.807, 2.05) is 0 Å². The van der Waals surface area contributed by atoms with Crippen molar-refractivity contribution in [3.05, 3.63) is 42.0 Å². The van der Waals surface area contributed by atoms with Gasteiger partial charge in [0.2, 0.25) is 15.9 Å². The second kappa shape index (κ2) is 8.94. The van der Waals surface area contributed by atoms with Crippen molar-refractivity contribution in [3.63, 3.8) is 0 Å². The molecule has 0 spiro atoms. The van der Waals surface area contributed by atoms with E-state index in [4.69, 9.17) is 9.47 Å². The largest absolute Gasteiger partial charge is 0.497 e. The maximum absolute atomic E-state index is 13.1. The summed E-state index contributed by atoms with van der Waals surface area (Å²) in [6.45, 7) is 3.04. The van der Waals surface area contributed by atoms with Crippen molar-refractivity contribution in [1.29, 1.82) is 0 Å². The Hall–Kier alpha value is -3.11. The molecule has 2 aromatic carbocycles. The standard InChI is InChI=1S/C21H25N3O6S/c1-5-17-21(26)23-16-9-13(2)19(11-18(16)30-17)31(27,28)24(3)12-20(25)22-14-7-6-8-15(10-14)29-4/h6-11,17H,5,12H2,1-4H3,(H,22,25)(H,23,26)/t17-/m1/s1. The molecule has 0 aromatic heterocycles. The molecule has 2 N–H and O–H groups in total. The minimum Gasteiger partial charge on any atom is -0.497 e. The molecule has 0 aliphatic carbocycles. The Labute approximate surface area is 181 Å². The molecule has 9 nitrogen and oxygen atoms in total. The van der Waals surface area contributed by atoms with Crippen LogP contribution in [0, 0.1) is 6.92 Å². The molecule has 1 atom stereocenters. The number of aryl methyl sites for hydroxylation is 1. The summed E-state index contributed by atoms with van der Waals surface area (Å²) in [6, 6.07) is 9.70. The molecule has 1 aliphatic heterocycles. The molecule has 166 valence electrons. The van der Waals surface area contributed by atoms with Gasteiger partial charge in [-0.05, 0) is 37.1 Å². The molecule has 0 fully saturated rings. The molecule has 2 aromatic rings. The van der Waals surface area contributed by atoms with Gasteiger partial charge in [0, 0.05) is 24.9 Å². The lowest BCUT2D eigenvalue weighted by Crippen LogP contribution is -2.37. The van der Waals surface area contributed by atoms with E-state index in [-0.39, 0.29) is 23.1 Å². The fourth-order valence-electron chi connectivity index (χ4n) is 3.19. The van der Waals surface area contributed by atoms with Crippen LogP contribution >= 0.6 is 0 Å². The number of nitrogens with one attached hydrogen (secondary N) is 2. The van der Waals surface area contributed by atoms with Crippen molar-refractivity contribution in [1.82, 2.24) is 4.31 Å². The lowest BCUT2D eigenvalue weighted by molar-refractivity contribution is -0.123. The van der Waals surface area contributed by atoms with Crippen molar-refractivity contribution >= 4 is 33.2 Å². The van der Waals surface area contributed by atoms with E-state index < -0.39 is 22.0 Å². The number of amides is 2. The van der Waals surface area contributed by atoms with E-state index in [2.05, 4.69) is 10.6 Å². The van der Waals surface area contributed by atoms with Crippen LogP contribution in [-0.2, 0) is 19.6 Å². The van der Waals surface area contributed by atoms with Crippen LogP contribution in [0.2, 0.25) is 0 Å². The van der Waals surface area contributed by atoms with Gasteiger partial charge in [-0.1, -0.05) is 13.0 Å². The molecule has 31 heavy (non-hydrogen) atoms. The minimum atomic E-state index is -3.99. The summed E-state index contributed by atoms with van der Waals surface area (Å²) in [4.78, 5) is 24.4. The van der Waals surface area contributed by atoms with Gasteiger partial charge in [0.15, 0.2) is 6.10 Å². The summed E-state index contributed by atoms with van der Waals surface area (Å²) in [7, 11) is -1.14. The topological polar surface area (TPSA) is 114 Å². The quantitative estimate of drug-likeness (QED) is 0.674. The first-order valence-electron chi connectivity index (χ1n) is 9.68. The SMILES string of the molecule is CC[C@H]1Oc2cc(S(=O)(=O)N(C)CC(=O)Nc3cccc(OC)c3)c(C)cc2NC1=O. The van der Waals surface area contributed by atoms with E-state index in [1.165, 1.54) is 20.2 Å². The van der Waals surface area contributed by atoms with Gasteiger partial charge in [-0.25, -0.2) is 8.42 Å². The number of carbonyl (C=O) groups excluding carboxylic acids is 2. The molecule has 1 heterocycles. The summed E-state index contributed by atoms with van der Waals surface area (Å²) >= 11 is 0. The van der Waals surface area contributed by atoms with Crippen molar-refractivity contribution in [2.24, 2.45) is 0 Å². The number of hydrogen-bond donors (Lipinski definition) is 2. The monoisotopic (exact) mass is 447 g/mol. The predicted molar refractivity (Wildman–Crippen MR) is 116 cm³/mol. The van der Waals surface area contributed by atoms with E-state index >= 15 is 0 Å². The number of anilines is 2. The maximum Gasteiger partial charge on any atom is 0.265 e. The van der Waals surface area contributed by atoms with Gasteiger partial charge >= 0.3 is 0 Å². The number of nitrogens with zero attached hydrogens (tertiary/aromatic N) is 1. The molecule has 2 amide bonds. The molecule has 10 heteroatoms. The van der Waals surface area contributed by atoms with Gasteiger partial charge in [-0.15, -0.1) is 0 Å². The lowest BCUT2D eigenvalue weighted by atomic mass is 10.1. The first-order chi connectivity index (χ1) is 14.6. The number of fused-ring (bicyclic) bond motifs is 1. The Morgan fingerprint density at radius 1 is 1.29 bits per heavy atom. The summed E-state index contributed by atoms with van der Waals surface area (Å²) in [6.07, 6.45) is -0.233. The van der Waals surface area contributed by atoms with E-state index in [0.717, 1.165) is 4.31 Å². The van der Waals surface area contributed by atoms with E-state index in [9.17, 15) is 18.0 Å². The zero-order chi connectivity index (χ0) is 22.8. The number of sulfonamides is 1. The summed E-state index contributed by atoms with van der Waals surface area (Å²) in [5.74, 6) is 0.0895. The lowest BCUT2D eigenvalue weighted by Gasteiger charge is -2.27. The zero-order valence-corrected chi connectivity index (χ0v) is 18.6. The van der Waals surface area contributed by atoms with Gasteiger partial charge in [-0.2, -0.15) is 4.31 Å². The highest BCUT2D eigenvalue weighted by molar-refractivity contribution is 7.89. The molecule has 0 unspecified atom stereocenters. The number of methoxy groups -OCH3 is 1. The third-order valence-electron chi connectivity index (χ3n) is 4.88. The second-order valence-corrected chi connectivity index (χ2v) is 9.17. The van der Waals surface area contributed by atoms with Crippen LogP contribution in [0.25, 0.3) is 0 Å². The van der Waals surface area contributed by atoms with Crippen LogP contribution in [0.15, 0.2) is 41.3 Å². The van der Waals surface area contributed by atoms with E-state index in [0.29, 0.717) is 29.1 Å². The third-order valence-corrected chi connectivity index (χ3v) is 6.82. The highest BCUT2D eigenvalue weighted by Crippen LogP contribution is 2.35. The Morgan fingerprint density at radius 3 is 2.71 bits per heavy atom. The zero-order valence-electron chi connectivity index (χ0n) is 17.8. The molecule has 0 saturated carbocycles. The Bertz CT molecular complexity index is 1120. The molecule has 0 bridgehead atoms. The van der Waals surface area contributed by atoms with Crippen LogP contribution in [0.1, 0.15) is 18.9 Å². The van der Waals surface area contributed by atoms with Crippen LogP contribution in [0.4, 0.5) is 11.4 Å². The number of ether oxygens (including phenoxy) is 2. The van der Waals surface area contributed by atoms with E-state index in [1.54, 1.807) is 44.2 Å². The molecule has 0 saturated heterocycles. The normalized spacial score (nSPS) is 15.6. The van der Waals surface area contributed by atoms with Crippen molar-refractivity contribution < 1.29 is 27.5 Å². The fraction of sp³-hybridized carbons (Fsp3) is 0.333. The smallest absolute Gasteiger partial charge is 0.265 e. The second-order valence-electron chi connectivity index (χ2n) is 7.16. The Balaban J connectivity index is 1.79. The highest BCUT2D eigenvalue weighted by atomic mass is 32.2. The van der Waals surface area contributed by atoms with Crippen molar-refractivity contribution in [2.45, 2.75) is 31.3 Å². The highest BCUT2D eigenvalue weighted by Gasteiger charge is 2.31. The fourth-order valence-corrected chi connectivity index (χ4v) is 4.53. The summed E-state index contributed by atoms with van der Waals surface area (Å²) in [5, 5.41) is 5.39. The molecule has 3 rings (SSSR count). The number of likely N-dealkylation sites (N-methyl/N-ethyl adjacent to an activating group) is 1. The molecular weight excluding hydrogens is 422 g/mol. The van der Waals surface area contributed by atoms with Gasteiger partial charge in [0.05, 0.1) is 24.2 Å². The summed E-state index contributed by atoms with van der Waals surface area (Å²) in [5.41, 5.74) is 1.34. The third kappa shape index (κ3) is 4.80.